The standard InChI is InChI=1S/C8H10ClFN2O2S/c9-3-4-12-15(13,14)6-1-2-8(11)7(10)5-6/h1-2,5,12H,3-4,11H2. The minimum Gasteiger partial charge on any atom is -0.396 e. The normalized spacial score (nSPS) is 11.6. The molecule has 0 heterocycles. The Kier molecular flexibility index (Phi) is 3.90. The zero-order valence-corrected chi connectivity index (χ0v) is 9.28. The molecule has 0 bridgehead atoms. The molecule has 0 spiro atoms. The smallest absolute Gasteiger partial charge is 0.240 e. The molecule has 0 aliphatic rings. The first-order valence-electron chi connectivity index (χ1n) is 4.08. The Morgan fingerprint density at radius 2 is 2.13 bits per heavy atom. The van der Waals surface area contributed by atoms with Gasteiger partial charge >= 0.3 is 0 Å². The predicted octanol–water partition coefficient (Wildman–Crippen LogP) is 0.925. The van der Waals surface area contributed by atoms with Gasteiger partial charge in [-0.3, -0.25) is 0 Å². The fraction of sp³-hybridized carbons (Fsp3) is 0.250. The van der Waals surface area contributed by atoms with Gasteiger partial charge in [0.05, 0.1) is 10.6 Å². The minimum atomic E-state index is -3.69. The first-order chi connectivity index (χ1) is 6.97. The molecule has 1 aromatic carbocycles. The average molecular weight is 253 g/mol. The molecule has 3 N–H and O–H groups in total. The van der Waals surface area contributed by atoms with E-state index in [1.165, 1.54) is 12.1 Å². The second kappa shape index (κ2) is 4.78. The summed E-state index contributed by atoms with van der Waals surface area (Å²) in [6.07, 6.45) is 0. The van der Waals surface area contributed by atoms with Crippen molar-refractivity contribution in [1.82, 2.24) is 4.72 Å². The van der Waals surface area contributed by atoms with Crippen LogP contribution in [0.5, 0.6) is 0 Å². The van der Waals surface area contributed by atoms with Crippen LogP contribution in [0.3, 0.4) is 0 Å². The third-order valence-electron chi connectivity index (χ3n) is 1.67. The topological polar surface area (TPSA) is 72.2 Å². The number of hydrogen-bond donors (Lipinski definition) is 2. The zero-order chi connectivity index (χ0) is 11.5. The highest BCUT2D eigenvalue weighted by Gasteiger charge is 2.14. The molecule has 15 heavy (non-hydrogen) atoms. The first-order valence-corrected chi connectivity index (χ1v) is 6.10. The molecule has 0 atom stereocenters. The fourth-order valence-corrected chi connectivity index (χ4v) is 2.18. The number of alkyl halides is 1. The molecule has 0 amide bonds. The summed E-state index contributed by atoms with van der Waals surface area (Å²) in [5.74, 6) is -0.611. The van der Waals surface area contributed by atoms with E-state index in [1.807, 2.05) is 0 Å². The molecule has 84 valence electrons. The summed E-state index contributed by atoms with van der Waals surface area (Å²) >= 11 is 5.33. The molecule has 7 heteroatoms. The van der Waals surface area contributed by atoms with Gasteiger partial charge in [0.15, 0.2) is 0 Å². The third kappa shape index (κ3) is 3.05. The summed E-state index contributed by atoms with van der Waals surface area (Å²) in [4.78, 5) is -0.167. The van der Waals surface area contributed by atoms with Gasteiger partial charge in [0.1, 0.15) is 5.82 Å². The van der Waals surface area contributed by atoms with Gasteiger partial charge in [-0.25, -0.2) is 17.5 Å². The SMILES string of the molecule is Nc1ccc(S(=O)(=O)NCCCl)cc1F. The van der Waals surface area contributed by atoms with Crippen LogP contribution in [0.1, 0.15) is 0 Å². The van der Waals surface area contributed by atoms with Gasteiger partial charge in [-0.2, -0.15) is 0 Å². The van der Waals surface area contributed by atoms with Crippen molar-refractivity contribution in [2.45, 2.75) is 4.90 Å². The van der Waals surface area contributed by atoms with Crippen LogP contribution in [0.25, 0.3) is 0 Å². The summed E-state index contributed by atoms with van der Waals surface area (Å²) in [6, 6.07) is 3.30. The predicted molar refractivity (Wildman–Crippen MR) is 56.7 cm³/mol. The van der Waals surface area contributed by atoms with Crippen molar-refractivity contribution in [3.05, 3.63) is 24.0 Å². The number of nitrogens with two attached hydrogens (primary N) is 1. The van der Waals surface area contributed by atoms with E-state index in [9.17, 15) is 12.8 Å². The van der Waals surface area contributed by atoms with Crippen LogP contribution in [-0.4, -0.2) is 20.8 Å². The molecule has 0 saturated heterocycles. The molecule has 1 rings (SSSR count). The number of benzene rings is 1. The quantitative estimate of drug-likeness (QED) is 0.618. The Balaban J connectivity index is 3.00. The van der Waals surface area contributed by atoms with Crippen molar-refractivity contribution in [1.29, 1.82) is 0 Å². The van der Waals surface area contributed by atoms with Crippen molar-refractivity contribution in [2.75, 3.05) is 18.2 Å². The van der Waals surface area contributed by atoms with E-state index in [1.54, 1.807) is 0 Å². The molecular weight excluding hydrogens is 243 g/mol. The van der Waals surface area contributed by atoms with Gasteiger partial charge in [-0.1, -0.05) is 0 Å². The molecule has 0 aromatic heterocycles. The molecule has 0 unspecified atom stereocenters. The summed E-state index contributed by atoms with van der Waals surface area (Å²) in [6.45, 7) is 0.0931. The van der Waals surface area contributed by atoms with Crippen LogP contribution >= 0.6 is 11.6 Å². The van der Waals surface area contributed by atoms with E-state index in [2.05, 4.69) is 4.72 Å². The van der Waals surface area contributed by atoms with Gasteiger partial charge in [0.25, 0.3) is 0 Å². The molecule has 1 aromatic rings. The molecule has 0 fully saturated rings. The largest absolute Gasteiger partial charge is 0.396 e. The first kappa shape index (κ1) is 12.2. The summed E-state index contributed by atoms with van der Waals surface area (Å²) in [7, 11) is -3.69. The van der Waals surface area contributed by atoms with Crippen LogP contribution in [0.4, 0.5) is 10.1 Å². The fourth-order valence-electron chi connectivity index (χ4n) is 0.931. The van der Waals surface area contributed by atoms with E-state index in [-0.39, 0.29) is 23.0 Å². The highest BCUT2D eigenvalue weighted by atomic mass is 35.5. The van der Waals surface area contributed by atoms with Gasteiger partial charge < -0.3 is 5.73 Å². The molecular formula is C8H10ClFN2O2S. The van der Waals surface area contributed by atoms with E-state index >= 15 is 0 Å². The third-order valence-corrected chi connectivity index (χ3v) is 3.32. The Bertz CT molecular complexity index is 450. The summed E-state index contributed by atoms with van der Waals surface area (Å²) in [5, 5.41) is 0. The number of anilines is 1. The second-order valence-electron chi connectivity index (χ2n) is 2.77. The van der Waals surface area contributed by atoms with Crippen LogP contribution in [0.15, 0.2) is 23.1 Å². The summed E-state index contributed by atoms with van der Waals surface area (Å²) in [5.41, 5.74) is 5.13. The van der Waals surface area contributed by atoms with Crippen LogP contribution in [0.2, 0.25) is 0 Å². The van der Waals surface area contributed by atoms with Crippen molar-refractivity contribution in [3.8, 4) is 0 Å². The van der Waals surface area contributed by atoms with Crippen LogP contribution in [0, 0.1) is 5.82 Å². The Hall–Kier alpha value is -0.850. The van der Waals surface area contributed by atoms with Crippen molar-refractivity contribution in [3.63, 3.8) is 0 Å². The number of halogens is 2. The molecule has 0 radical (unpaired) electrons. The maximum atomic E-state index is 13.0. The molecule has 0 aliphatic heterocycles. The lowest BCUT2D eigenvalue weighted by Gasteiger charge is -2.05. The molecule has 0 aliphatic carbocycles. The van der Waals surface area contributed by atoms with Gasteiger partial charge in [0, 0.05) is 12.4 Å². The van der Waals surface area contributed by atoms with Crippen LogP contribution < -0.4 is 10.5 Å². The average Bonchev–Trinajstić information content (AvgIpc) is 2.19. The van der Waals surface area contributed by atoms with Crippen molar-refractivity contribution >= 4 is 27.3 Å². The maximum absolute atomic E-state index is 13.0. The van der Waals surface area contributed by atoms with E-state index < -0.39 is 15.8 Å². The highest BCUT2D eigenvalue weighted by Crippen LogP contribution is 2.15. The lowest BCUT2D eigenvalue weighted by atomic mass is 10.3. The van der Waals surface area contributed by atoms with Gasteiger partial charge in [-0.15, -0.1) is 11.6 Å². The number of hydrogen-bond acceptors (Lipinski definition) is 3. The Morgan fingerprint density at radius 1 is 1.47 bits per heavy atom. The van der Waals surface area contributed by atoms with Gasteiger partial charge in [-0.05, 0) is 18.2 Å². The monoisotopic (exact) mass is 252 g/mol. The van der Waals surface area contributed by atoms with Crippen molar-refractivity contribution < 1.29 is 12.8 Å². The number of rotatable bonds is 4. The molecule has 4 nitrogen and oxygen atoms in total. The summed E-state index contributed by atoms with van der Waals surface area (Å²) < 4.78 is 38.1. The van der Waals surface area contributed by atoms with E-state index in [0.29, 0.717) is 0 Å². The second-order valence-corrected chi connectivity index (χ2v) is 4.91. The van der Waals surface area contributed by atoms with Gasteiger partial charge in [0.2, 0.25) is 10.0 Å². The zero-order valence-electron chi connectivity index (χ0n) is 7.70. The lowest BCUT2D eigenvalue weighted by molar-refractivity contribution is 0.580. The number of nitrogens with one attached hydrogen (secondary N) is 1. The van der Waals surface area contributed by atoms with Crippen LogP contribution in [-0.2, 0) is 10.0 Å². The van der Waals surface area contributed by atoms with E-state index in [4.69, 9.17) is 17.3 Å². The highest BCUT2D eigenvalue weighted by molar-refractivity contribution is 7.89. The number of sulfonamides is 1. The van der Waals surface area contributed by atoms with Crippen molar-refractivity contribution in [2.24, 2.45) is 0 Å². The lowest BCUT2D eigenvalue weighted by Crippen LogP contribution is -2.25. The Labute approximate surface area is 92.3 Å². The maximum Gasteiger partial charge on any atom is 0.240 e. The Morgan fingerprint density at radius 3 is 2.67 bits per heavy atom. The number of nitrogen functional groups attached to an aromatic ring is 1. The van der Waals surface area contributed by atoms with E-state index in [0.717, 1.165) is 6.07 Å². The molecule has 0 saturated carbocycles. The minimum absolute atomic E-state index is 0.0914.